The van der Waals surface area contributed by atoms with E-state index in [1.54, 1.807) is 36.3 Å². The van der Waals surface area contributed by atoms with Gasteiger partial charge in [-0.1, -0.05) is 67.1 Å². The molecule has 3 rings (SSSR count). The molecule has 8 nitrogen and oxygen atoms in total. The Balaban J connectivity index is 1.91. The predicted octanol–water partition coefficient (Wildman–Crippen LogP) is 5.45. The molecule has 3 aromatic rings. The van der Waals surface area contributed by atoms with E-state index in [4.69, 9.17) is 16.3 Å². The van der Waals surface area contributed by atoms with E-state index >= 15 is 0 Å². The summed E-state index contributed by atoms with van der Waals surface area (Å²) in [5.41, 5.74) is 2.17. The van der Waals surface area contributed by atoms with Gasteiger partial charge < -0.3 is 15.0 Å². The smallest absolute Gasteiger partial charge is 0.243 e. The van der Waals surface area contributed by atoms with Gasteiger partial charge in [-0.2, -0.15) is 0 Å². The van der Waals surface area contributed by atoms with Gasteiger partial charge in [0, 0.05) is 37.0 Å². The maximum Gasteiger partial charge on any atom is 0.243 e. The first-order valence-electron chi connectivity index (χ1n) is 14.0. The zero-order chi connectivity index (χ0) is 30.7. The highest BCUT2D eigenvalue weighted by Gasteiger charge is 2.31. The molecule has 2 atom stereocenters. The van der Waals surface area contributed by atoms with Crippen LogP contribution in [0.4, 0.5) is 5.69 Å². The van der Waals surface area contributed by atoms with E-state index in [9.17, 15) is 18.0 Å². The number of anilines is 1. The SMILES string of the molecule is CCC(C)NC(=O)C(Cc1ccccc1)N(Cc1cccc(OC)c1)C(=O)CCCN(c1cccc(Cl)c1)S(C)(=O)=O. The fraction of sp³-hybridized carbons (Fsp3) is 0.375. The fourth-order valence-electron chi connectivity index (χ4n) is 4.60. The van der Waals surface area contributed by atoms with Crippen LogP contribution in [0.5, 0.6) is 5.75 Å². The molecule has 2 amide bonds. The third kappa shape index (κ3) is 9.77. The number of ether oxygens (including phenoxy) is 1. The van der Waals surface area contributed by atoms with Gasteiger partial charge in [0.15, 0.2) is 0 Å². The minimum Gasteiger partial charge on any atom is -0.497 e. The standard InChI is InChI=1S/C32H40ClN3O5S/c1-5-24(2)34-32(38)30(21-25-12-7-6-8-13-25)35(23-26-14-9-17-29(20-26)41-3)31(37)18-11-19-36(42(4,39)40)28-16-10-15-27(33)22-28/h6-10,12-17,20,22,24,30H,5,11,18-19,21,23H2,1-4H3,(H,34,38). The lowest BCUT2D eigenvalue weighted by atomic mass is 10.0. The lowest BCUT2D eigenvalue weighted by molar-refractivity contribution is -0.141. The zero-order valence-corrected chi connectivity index (χ0v) is 26.2. The molecular formula is C32H40ClN3O5S. The van der Waals surface area contributed by atoms with Crippen LogP contribution in [0.25, 0.3) is 0 Å². The second-order valence-corrected chi connectivity index (χ2v) is 12.7. The molecule has 2 unspecified atom stereocenters. The van der Waals surface area contributed by atoms with E-state index in [-0.39, 0.29) is 43.8 Å². The molecule has 0 radical (unpaired) electrons. The molecule has 0 aliphatic rings. The highest BCUT2D eigenvalue weighted by molar-refractivity contribution is 7.92. The van der Waals surface area contributed by atoms with Crippen molar-refractivity contribution in [1.29, 1.82) is 0 Å². The molecule has 0 saturated heterocycles. The van der Waals surface area contributed by atoms with Crippen LogP contribution in [0.1, 0.15) is 44.2 Å². The van der Waals surface area contributed by atoms with Gasteiger partial charge in [0.25, 0.3) is 0 Å². The predicted molar refractivity (Wildman–Crippen MR) is 168 cm³/mol. The molecule has 226 valence electrons. The number of amides is 2. The molecule has 0 spiro atoms. The minimum absolute atomic E-state index is 0.0401. The summed E-state index contributed by atoms with van der Waals surface area (Å²) < 4.78 is 31.9. The maximum absolute atomic E-state index is 13.9. The molecular weight excluding hydrogens is 574 g/mol. The van der Waals surface area contributed by atoms with Crippen molar-refractivity contribution in [1.82, 2.24) is 10.2 Å². The summed E-state index contributed by atoms with van der Waals surface area (Å²) in [6.07, 6.45) is 2.49. The van der Waals surface area contributed by atoms with Crippen molar-refractivity contribution in [2.24, 2.45) is 0 Å². The summed E-state index contributed by atoms with van der Waals surface area (Å²) in [4.78, 5) is 29.2. The monoisotopic (exact) mass is 613 g/mol. The number of rotatable bonds is 15. The van der Waals surface area contributed by atoms with Crippen LogP contribution in [0, 0.1) is 0 Å². The molecule has 0 fully saturated rings. The third-order valence-electron chi connectivity index (χ3n) is 7.01. The van der Waals surface area contributed by atoms with Crippen molar-refractivity contribution in [3.05, 3.63) is 95.0 Å². The Labute approximate surface area is 254 Å². The van der Waals surface area contributed by atoms with E-state index < -0.39 is 16.1 Å². The minimum atomic E-state index is -3.62. The van der Waals surface area contributed by atoms with Crippen LogP contribution in [0.2, 0.25) is 5.02 Å². The lowest BCUT2D eigenvalue weighted by Gasteiger charge is -2.33. The van der Waals surface area contributed by atoms with Gasteiger partial charge in [-0.25, -0.2) is 8.42 Å². The molecule has 3 aromatic carbocycles. The summed E-state index contributed by atoms with van der Waals surface area (Å²) in [6.45, 7) is 4.19. The fourth-order valence-corrected chi connectivity index (χ4v) is 5.74. The number of benzene rings is 3. The van der Waals surface area contributed by atoms with Crippen molar-refractivity contribution in [2.45, 2.75) is 58.2 Å². The number of nitrogens with one attached hydrogen (secondary N) is 1. The van der Waals surface area contributed by atoms with Gasteiger partial charge in [-0.3, -0.25) is 13.9 Å². The average molecular weight is 614 g/mol. The molecule has 0 saturated carbocycles. The van der Waals surface area contributed by atoms with Gasteiger partial charge in [0.1, 0.15) is 11.8 Å². The van der Waals surface area contributed by atoms with Crippen molar-refractivity contribution in [3.8, 4) is 5.75 Å². The van der Waals surface area contributed by atoms with E-state index in [0.717, 1.165) is 23.8 Å². The van der Waals surface area contributed by atoms with E-state index in [2.05, 4.69) is 5.32 Å². The summed E-state index contributed by atoms with van der Waals surface area (Å²) in [6, 6.07) is 22.7. The number of nitrogens with zero attached hydrogens (tertiary/aromatic N) is 2. The number of hydrogen-bond donors (Lipinski definition) is 1. The Hall–Kier alpha value is -3.56. The van der Waals surface area contributed by atoms with Gasteiger partial charge >= 0.3 is 0 Å². The Bertz CT molecular complexity index is 1430. The summed E-state index contributed by atoms with van der Waals surface area (Å²) in [7, 11) is -2.05. The van der Waals surface area contributed by atoms with Crippen LogP contribution >= 0.6 is 11.6 Å². The van der Waals surface area contributed by atoms with E-state index in [0.29, 0.717) is 22.9 Å². The van der Waals surface area contributed by atoms with Crippen LogP contribution in [0.3, 0.4) is 0 Å². The van der Waals surface area contributed by atoms with Crippen LogP contribution < -0.4 is 14.4 Å². The Morgan fingerprint density at radius 1 is 0.976 bits per heavy atom. The summed E-state index contributed by atoms with van der Waals surface area (Å²) >= 11 is 6.11. The maximum atomic E-state index is 13.9. The first-order valence-corrected chi connectivity index (χ1v) is 16.2. The molecule has 0 bridgehead atoms. The molecule has 42 heavy (non-hydrogen) atoms. The van der Waals surface area contributed by atoms with Crippen LogP contribution in [-0.2, 0) is 32.6 Å². The number of halogens is 1. The molecule has 1 N–H and O–H groups in total. The summed E-state index contributed by atoms with van der Waals surface area (Å²) in [5.74, 6) is 0.160. The lowest BCUT2D eigenvalue weighted by Crippen LogP contribution is -2.52. The molecule has 0 aromatic heterocycles. The van der Waals surface area contributed by atoms with Gasteiger partial charge in [-0.05, 0) is 61.2 Å². The topological polar surface area (TPSA) is 96.0 Å². The molecule has 0 aliphatic heterocycles. The van der Waals surface area contributed by atoms with Crippen molar-refractivity contribution < 1.29 is 22.7 Å². The Kier molecular flexibility index (Phi) is 12.2. The second kappa shape index (κ2) is 15.6. The second-order valence-electron chi connectivity index (χ2n) is 10.3. The first kappa shape index (κ1) is 32.9. The molecule has 10 heteroatoms. The average Bonchev–Trinajstić information content (AvgIpc) is 2.96. The van der Waals surface area contributed by atoms with Crippen molar-refractivity contribution >= 4 is 39.1 Å². The number of carbonyl (C=O) groups is 2. The quantitative estimate of drug-likeness (QED) is 0.246. The van der Waals surface area contributed by atoms with Gasteiger partial charge in [-0.15, -0.1) is 0 Å². The number of sulfonamides is 1. The first-order chi connectivity index (χ1) is 20.0. The van der Waals surface area contributed by atoms with Crippen molar-refractivity contribution in [3.63, 3.8) is 0 Å². The van der Waals surface area contributed by atoms with Crippen LogP contribution in [-0.4, -0.2) is 57.1 Å². The largest absolute Gasteiger partial charge is 0.497 e. The van der Waals surface area contributed by atoms with Crippen LogP contribution in [0.15, 0.2) is 78.9 Å². The van der Waals surface area contributed by atoms with E-state index in [1.165, 1.54) is 4.31 Å². The van der Waals surface area contributed by atoms with Crippen molar-refractivity contribution in [2.75, 3.05) is 24.2 Å². The third-order valence-corrected chi connectivity index (χ3v) is 8.44. The number of hydrogen-bond acceptors (Lipinski definition) is 5. The normalized spacial score (nSPS) is 12.7. The molecule has 0 aliphatic carbocycles. The number of methoxy groups -OCH3 is 1. The molecule has 0 heterocycles. The zero-order valence-electron chi connectivity index (χ0n) is 24.6. The summed E-state index contributed by atoms with van der Waals surface area (Å²) in [5, 5.41) is 3.47. The Morgan fingerprint density at radius 3 is 2.31 bits per heavy atom. The highest BCUT2D eigenvalue weighted by atomic mass is 35.5. The van der Waals surface area contributed by atoms with Gasteiger partial charge in [0.2, 0.25) is 21.8 Å². The highest BCUT2D eigenvalue weighted by Crippen LogP contribution is 2.23. The number of carbonyl (C=O) groups excluding carboxylic acids is 2. The van der Waals surface area contributed by atoms with E-state index in [1.807, 2.05) is 68.4 Å². The van der Waals surface area contributed by atoms with Gasteiger partial charge in [0.05, 0.1) is 19.1 Å². The Morgan fingerprint density at radius 2 is 1.67 bits per heavy atom.